The first-order chi connectivity index (χ1) is 14.1. The van der Waals surface area contributed by atoms with Crippen molar-refractivity contribution in [2.75, 3.05) is 19.5 Å². The summed E-state index contributed by atoms with van der Waals surface area (Å²) in [6.07, 6.45) is 0. The van der Waals surface area contributed by atoms with Crippen molar-refractivity contribution in [1.82, 2.24) is 9.97 Å². The van der Waals surface area contributed by atoms with Gasteiger partial charge in [0.1, 0.15) is 5.82 Å². The molecule has 2 N–H and O–H groups in total. The number of imidazole rings is 1. The van der Waals surface area contributed by atoms with E-state index in [4.69, 9.17) is 21.1 Å². The number of ether oxygens (including phenoxy) is 2. The molecule has 0 radical (unpaired) electrons. The van der Waals surface area contributed by atoms with E-state index in [0.29, 0.717) is 27.8 Å². The molecule has 29 heavy (non-hydrogen) atoms. The highest BCUT2D eigenvalue weighted by Crippen LogP contribution is 2.36. The molecule has 146 valence electrons. The minimum Gasteiger partial charge on any atom is -0.493 e. The van der Waals surface area contributed by atoms with Gasteiger partial charge in [-0.1, -0.05) is 35.9 Å². The van der Waals surface area contributed by atoms with Crippen molar-refractivity contribution in [3.05, 3.63) is 71.2 Å². The van der Waals surface area contributed by atoms with Gasteiger partial charge in [-0.3, -0.25) is 4.79 Å². The molecular formula is C22H18ClN3O3. The van der Waals surface area contributed by atoms with Gasteiger partial charge in [-0.15, -0.1) is 0 Å². The van der Waals surface area contributed by atoms with Crippen molar-refractivity contribution in [2.24, 2.45) is 0 Å². The first-order valence-corrected chi connectivity index (χ1v) is 9.25. The van der Waals surface area contributed by atoms with Crippen LogP contribution in [0.4, 0.5) is 5.69 Å². The topological polar surface area (TPSA) is 76.2 Å². The fourth-order valence-electron chi connectivity index (χ4n) is 3.09. The number of nitrogens with zero attached hydrogens (tertiary/aromatic N) is 1. The maximum atomic E-state index is 12.7. The molecule has 0 aliphatic heterocycles. The number of H-pyrrole nitrogens is 1. The number of carbonyl (C=O) groups is 1. The molecule has 4 rings (SSSR count). The van der Waals surface area contributed by atoms with Crippen LogP contribution in [-0.4, -0.2) is 30.1 Å². The highest BCUT2D eigenvalue weighted by atomic mass is 35.5. The summed E-state index contributed by atoms with van der Waals surface area (Å²) in [6, 6.07) is 18.4. The zero-order chi connectivity index (χ0) is 20.4. The third-order valence-electron chi connectivity index (χ3n) is 4.48. The second-order valence-electron chi connectivity index (χ2n) is 6.33. The van der Waals surface area contributed by atoms with Gasteiger partial charge in [-0.05, 0) is 36.4 Å². The van der Waals surface area contributed by atoms with Crippen molar-refractivity contribution in [3.8, 4) is 22.9 Å². The number of anilines is 1. The number of aromatic amines is 1. The Morgan fingerprint density at radius 2 is 1.86 bits per heavy atom. The number of halogens is 1. The zero-order valence-electron chi connectivity index (χ0n) is 15.8. The van der Waals surface area contributed by atoms with Crippen LogP contribution in [0.15, 0.2) is 60.7 Å². The predicted molar refractivity (Wildman–Crippen MR) is 114 cm³/mol. The van der Waals surface area contributed by atoms with Crippen molar-refractivity contribution in [2.45, 2.75) is 0 Å². The van der Waals surface area contributed by atoms with Gasteiger partial charge in [0, 0.05) is 16.8 Å². The van der Waals surface area contributed by atoms with Crippen molar-refractivity contribution in [1.29, 1.82) is 0 Å². The monoisotopic (exact) mass is 407 g/mol. The molecule has 0 saturated heterocycles. The number of carbonyl (C=O) groups excluding carboxylic acids is 1. The first-order valence-electron chi connectivity index (χ1n) is 8.87. The number of rotatable bonds is 5. The normalized spacial score (nSPS) is 10.7. The molecule has 1 heterocycles. The molecule has 0 spiro atoms. The average molecular weight is 408 g/mol. The molecular weight excluding hydrogens is 390 g/mol. The molecule has 0 aliphatic rings. The summed E-state index contributed by atoms with van der Waals surface area (Å²) in [7, 11) is 2.99. The van der Waals surface area contributed by atoms with Crippen molar-refractivity contribution >= 4 is 34.2 Å². The van der Waals surface area contributed by atoms with Crippen LogP contribution in [0.3, 0.4) is 0 Å². The molecule has 7 heteroatoms. The Morgan fingerprint density at radius 1 is 1.03 bits per heavy atom. The number of aromatic nitrogens is 2. The molecule has 3 aromatic carbocycles. The molecule has 1 amide bonds. The van der Waals surface area contributed by atoms with E-state index in [1.807, 2.05) is 48.5 Å². The van der Waals surface area contributed by atoms with E-state index in [1.165, 1.54) is 14.2 Å². The Hall–Kier alpha value is -3.51. The maximum absolute atomic E-state index is 12.7. The Morgan fingerprint density at radius 3 is 2.62 bits per heavy atom. The molecule has 0 saturated carbocycles. The van der Waals surface area contributed by atoms with Crippen LogP contribution in [-0.2, 0) is 0 Å². The Labute approximate surface area is 172 Å². The van der Waals surface area contributed by atoms with Gasteiger partial charge in [-0.2, -0.15) is 0 Å². The van der Waals surface area contributed by atoms with Crippen LogP contribution < -0.4 is 14.8 Å². The summed E-state index contributed by atoms with van der Waals surface area (Å²) in [6.45, 7) is 0. The van der Waals surface area contributed by atoms with Crippen molar-refractivity contribution in [3.63, 3.8) is 0 Å². The van der Waals surface area contributed by atoms with E-state index in [-0.39, 0.29) is 5.91 Å². The second-order valence-corrected chi connectivity index (χ2v) is 6.74. The van der Waals surface area contributed by atoms with Gasteiger partial charge in [0.05, 0.1) is 30.3 Å². The maximum Gasteiger partial charge on any atom is 0.255 e. The molecule has 6 nitrogen and oxygen atoms in total. The number of benzene rings is 3. The number of methoxy groups -OCH3 is 2. The third kappa shape index (κ3) is 3.75. The van der Waals surface area contributed by atoms with Gasteiger partial charge in [0.25, 0.3) is 5.91 Å². The van der Waals surface area contributed by atoms with Crippen LogP contribution in [0.5, 0.6) is 11.5 Å². The SMILES string of the molecule is COc1cc(C(=O)Nc2cccc(-c3nc4ccccc4[nH]3)c2)cc(Cl)c1OC. The largest absolute Gasteiger partial charge is 0.493 e. The standard InChI is InChI=1S/C22H18ClN3O3/c1-28-19-12-14(11-16(23)20(19)29-2)22(27)24-15-7-5-6-13(10-15)21-25-17-8-3-4-9-18(17)26-21/h3-12H,1-2H3,(H,24,27)(H,25,26). The minimum absolute atomic E-state index is 0.299. The molecule has 0 atom stereocenters. The van der Waals surface area contributed by atoms with Gasteiger partial charge < -0.3 is 19.8 Å². The zero-order valence-corrected chi connectivity index (χ0v) is 16.6. The summed E-state index contributed by atoms with van der Waals surface area (Å²) in [5.74, 6) is 1.20. The lowest BCUT2D eigenvalue weighted by molar-refractivity contribution is 0.102. The van der Waals surface area contributed by atoms with Crippen LogP contribution in [0.2, 0.25) is 5.02 Å². The van der Waals surface area contributed by atoms with E-state index in [2.05, 4.69) is 15.3 Å². The minimum atomic E-state index is -0.311. The number of nitrogens with one attached hydrogen (secondary N) is 2. The highest BCUT2D eigenvalue weighted by molar-refractivity contribution is 6.32. The van der Waals surface area contributed by atoms with Gasteiger partial charge >= 0.3 is 0 Å². The molecule has 0 bridgehead atoms. The Bertz CT molecular complexity index is 1170. The van der Waals surface area contributed by atoms with Crippen LogP contribution >= 0.6 is 11.6 Å². The lowest BCUT2D eigenvalue weighted by atomic mass is 10.1. The molecule has 0 unspecified atom stereocenters. The highest BCUT2D eigenvalue weighted by Gasteiger charge is 2.16. The van der Waals surface area contributed by atoms with Gasteiger partial charge in [-0.25, -0.2) is 4.98 Å². The van der Waals surface area contributed by atoms with E-state index in [9.17, 15) is 4.79 Å². The first kappa shape index (κ1) is 18.8. The van der Waals surface area contributed by atoms with Crippen LogP contribution in [0, 0.1) is 0 Å². The summed E-state index contributed by atoms with van der Waals surface area (Å²) >= 11 is 6.21. The smallest absolute Gasteiger partial charge is 0.255 e. The third-order valence-corrected chi connectivity index (χ3v) is 4.76. The summed E-state index contributed by atoms with van der Waals surface area (Å²) in [5, 5.41) is 3.18. The quantitative estimate of drug-likeness (QED) is 0.479. The molecule has 0 aliphatic carbocycles. The van der Waals surface area contributed by atoms with E-state index in [0.717, 1.165) is 22.4 Å². The average Bonchev–Trinajstić information content (AvgIpc) is 3.17. The molecule has 1 aromatic heterocycles. The summed E-state index contributed by atoms with van der Waals surface area (Å²) in [4.78, 5) is 20.6. The lowest BCUT2D eigenvalue weighted by Crippen LogP contribution is -2.12. The Kier molecular flexibility index (Phi) is 5.10. The molecule has 0 fully saturated rings. The van der Waals surface area contributed by atoms with Crippen LogP contribution in [0.1, 0.15) is 10.4 Å². The number of hydrogen-bond acceptors (Lipinski definition) is 4. The summed E-state index contributed by atoms with van der Waals surface area (Å²) < 4.78 is 10.5. The number of amides is 1. The predicted octanol–water partition coefficient (Wildman–Crippen LogP) is 5.15. The van der Waals surface area contributed by atoms with Gasteiger partial charge in [0.15, 0.2) is 11.5 Å². The molecule has 4 aromatic rings. The van der Waals surface area contributed by atoms with Crippen molar-refractivity contribution < 1.29 is 14.3 Å². The Balaban J connectivity index is 1.61. The van der Waals surface area contributed by atoms with Crippen LogP contribution in [0.25, 0.3) is 22.4 Å². The number of hydrogen-bond donors (Lipinski definition) is 2. The summed E-state index contributed by atoms with van der Waals surface area (Å²) in [5.41, 5.74) is 3.71. The fraction of sp³-hybridized carbons (Fsp3) is 0.0909. The van der Waals surface area contributed by atoms with E-state index >= 15 is 0 Å². The number of fused-ring (bicyclic) bond motifs is 1. The fourth-order valence-corrected chi connectivity index (χ4v) is 3.37. The lowest BCUT2D eigenvalue weighted by Gasteiger charge is -2.12. The van der Waals surface area contributed by atoms with E-state index in [1.54, 1.807) is 12.1 Å². The second kappa shape index (κ2) is 7.85. The van der Waals surface area contributed by atoms with Gasteiger partial charge in [0.2, 0.25) is 0 Å². The van der Waals surface area contributed by atoms with E-state index < -0.39 is 0 Å². The number of para-hydroxylation sites is 2.